The van der Waals surface area contributed by atoms with Crippen molar-refractivity contribution in [2.24, 2.45) is 0 Å². The van der Waals surface area contributed by atoms with Gasteiger partial charge in [0.25, 0.3) is 5.56 Å². The normalized spacial score (nSPS) is 17.0. The van der Waals surface area contributed by atoms with Crippen molar-refractivity contribution in [3.05, 3.63) is 50.3 Å². The zero-order valence-electron chi connectivity index (χ0n) is 10.7. The Hall–Kier alpha value is -2.12. The number of H-pyrrole nitrogens is 2. The smallest absolute Gasteiger partial charge is 0.260 e. The molecule has 0 fully saturated rings. The third-order valence-electron chi connectivity index (χ3n) is 3.36. The molecule has 2 aromatic heterocycles. The summed E-state index contributed by atoms with van der Waals surface area (Å²) in [5, 5.41) is 2.49. The molecule has 2 N–H and O–H groups in total. The Balaban J connectivity index is 1.82. The van der Waals surface area contributed by atoms with Crippen molar-refractivity contribution in [1.29, 1.82) is 0 Å². The average molecular weight is 318 g/mol. The van der Waals surface area contributed by atoms with Gasteiger partial charge >= 0.3 is 0 Å². The highest BCUT2D eigenvalue weighted by atomic mass is 32.1. The number of nitrogens with one attached hydrogen (secondary N) is 2. The van der Waals surface area contributed by atoms with Crippen molar-refractivity contribution in [2.75, 3.05) is 6.61 Å². The lowest BCUT2D eigenvalue weighted by Crippen LogP contribution is -2.22. The van der Waals surface area contributed by atoms with Gasteiger partial charge in [0.2, 0.25) is 0 Å². The van der Waals surface area contributed by atoms with E-state index in [4.69, 9.17) is 21.7 Å². The molecule has 0 saturated carbocycles. The summed E-state index contributed by atoms with van der Waals surface area (Å²) < 4.78 is 12.0. The Bertz CT molecular complexity index is 941. The summed E-state index contributed by atoms with van der Waals surface area (Å²) in [7, 11) is 0. The number of hydrogen-bond donors (Lipinski definition) is 2. The minimum atomic E-state index is -0.306. The van der Waals surface area contributed by atoms with Gasteiger partial charge in [0.1, 0.15) is 11.4 Å². The van der Waals surface area contributed by atoms with E-state index in [0.29, 0.717) is 22.5 Å². The van der Waals surface area contributed by atoms with Crippen LogP contribution in [0.25, 0.3) is 10.2 Å². The molecule has 0 saturated heterocycles. The van der Waals surface area contributed by atoms with E-state index in [1.165, 1.54) is 11.3 Å². The lowest BCUT2D eigenvalue weighted by Gasteiger charge is -2.26. The van der Waals surface area contributed by atoms with Gasteiger partial charge in [0, 0.05) is 10.9 Å². The van der Waals surface area contributed by atoms with E-state index < -0.39 is 0 Å². The lowest BCUT2D eigenvalue weighted by atomic mass is 10.1. The molecule has 3 heterocycles. The van der Waals surface area contributed by atoms with Crippen molar-refractivity contribution in [3.63, 3.8) is 0 Å². The minimum absolute atomic E-state index is 0.201. The fraction of sp³-hybridized carbons (Fsp3) is 0.143. The van der Waals surface area contributed by atoms with Crippen LogP contribution in [0, 0.1) is 4.77 Å². The molecule has 1 aliphatic heterocycles. The first kappa shape index (κ1) is 12.6. The molecule has 7 heteroatoms. The number of thiophene rings is 1. The van der Waals surface area contributed by atoms with Crippen molar-refractivity contribution in [1.82, 2.24) is 9.97 Å². The monoisotopic (exact) mass is 318 g/mol. The Kier molecular flexibility index (Phi) is 2.83. The number of fused-ring (bicyclic) bond motifs is 2. The summed E-state index contributed by atoms with van der Waals surface area (Å²) in [6.45, 7) is 0.373. The summed E-state index contributed by atoms with van der Waals surface area (Å²) in [4.78, 5) is 18.5. The molecule has 21 heavy (non-hydrogen) atoms. The number of hydrogen-bond acceptors (Lipinski definition) is 5. The van der Waals surface area contributed by atoms with E-state index in [1.54, 1.807) is 0 Å². The second-order valence-electron chi connectivity index (χ2n) is 4.67. The first-order valence-electron chi connectivity index (χ1n) is 6.34. The van der Waals surface area contributed by atoms with Crippen LogP contribution in [0.2, 0.25) is 0 Å². The van der Waals surface area contributed by atoms with Gasteiger partial charge in [-0.05, 0) is 24.4 Å². The van der Waals surface area contributed by atoms with Gasteiger partial charge in [0.15, 0.2) is 22.4 Å². The van der Waals surface area contributed by atoms with E-state index >= 15 is 0 Å². The molecule has 0 bridgehead atoms. The number of ether oxygens (including phenoxy) is 2. The van der Waals surface area contributed by atoms with Crippen LogP contribution in [-0.4, -0.2) is 16.6 Å². The standard InChI is InChI=1S/C14H10N2O3S2/c17-12-11-7(6-21-13(11)16-14(20)15-12)10-5-18-8-3-1-2-4-9(8)19-10/h1-4,6,10H,5H2,(H2,15,16,17,20). The largest absolute Gasteiger partial charge is 0.485 e. The van der Waals surface area contributed by atoms with Crippen molar-refractivity contribution in [3.8, 4) is 11.5 Å². The molecule has 1 unspecified atom stereocenters. The molecule has 1 atom stereocenters. The van der Waals surface area contributed by atoms with Crippen LogP contribution in [0.5, 0.6) is 11.5 Å². The van der Waals surface area contributed by atoms with E-state index in [-0.39, 0.29) is 11.7 Å². The zero-order valence-corrected chi connectivity index (χ0v) is 12.3. The Labute approximate surface area is 128 Å². The molecule has 4 rings (SSSR count). The highest BCUT2D eigenvalue weighted by Gasteiger charge is 2.26. The summed E-state index contributed by atoms with van der Waals surface area (Å²) in [6.07, 6.45) is -0.306. The predicted molar refractivity (Wildman–Crippen MR) is 82.9 cm³/mol. The SMILES string of the molecule is O=c1[nH]c(=S)[nH]c2scc(C3COc4ccccc4O3)c12. The second kappa shape index (κ2) is 4.71. The molecule has 3 aromatic rings. The number of rotatable bonds is 1. The van der Waals surface area contributed by atoms with Crippen LogP contribution in [-0.2, 0) is 0 Å². The van der Waals surface area contributed by atoms with Gasteiger partial charge in [-0.15, -0.1) is 11.3 Å². The number of aromatic amines is 2. The molecule has 5 nitrogen and oxygen atoms in total. The fourth-order valence-electron chi connectivity index (χ4n) is 2.41. The highest BCUT2D eigenvalue weighted by molar-refractivity contribution is 7.71. The van der Waals surface area contributed by atoms with Crippen LogP contribution >= 0.6 is 23.6 Å². The fourth-order valence-corrected chi connectivity index (χ4v) is 3.67. The van der Waals surface area contributed by atoms with Crippen LogP contribution < -0.4 is 15.0 Å². The van der Waals surface area contributed by atoms with Crippen LogP contribution in [0.3, 0.4) is 0 Å². The van der Waals surface area contributed by atoms with E-state index in [0.717, 1.165) is 16.1 Å². The molecule has 0 aliphatic carbocycles. The maximum atomic E-state index is 12.1. The van der Waals surface area contributed by atoms with Crippen LogP contribution in [0.4, 0.5) is 0 Å². The first-order valence-corrected chi connectivity index (χ1v) is 7.63. The topological polar surface area (TPSA) is 67.1 Å². The van der Waals surface area contributed by atoms with E-state index in [9.17, 15) is 4.79 Å². The van der Waals surface area contributed by atoms with Gasteiger partial charge in [0.05, 0.1) is 5.39 Å². The zero-order chi connectivity index (χ0) is 14.4. The molecule has 0 radical (unpaired) electrons. The minimum Gasteiger partial charge on any atom is -0.485 e. The summed E-state index contributed by atoms with van der Waals surface area (Å²) in [5.74, 6) is 1.41. The molecule has 106 valence electrons. The van der Waals surface area contributed by atoms with Gasteiger partial charge in [-0.2, -0.15) is 0 Å². The molecular formula is C14H10N2O3S2. The highest BCUT2D eigenvalue weighted by Crippen LogP contribution is 2.38. The summed E-state index contributed by atoms with van der Waals surface area (Å²) in [6, 6.07) is 7.50. The Morgan fingerprint density at radius 2 is 2.05 bits per heavy atom. The molecule has 0 spiro atoms. The van der Waals surface area contributed by atoms with Crippen molar-refractivity contribution in [2.45, 2.75) is 6.10 Å². The maximum Gasteiger partial charge on any atom is 0.260 e. The molecular weight excluding hydrogens is 308 g/mol. The number of benzene rings is 1. The summed E-state index contributed by atoms with van der Waals surface area (Å²) >= 11 is 6.42. The van der Waals surface area contributed by atoms with Crippen molar-refractivity contribution < 1.29 is 9.47 Å². The van der Waals surface area contributed by atoms with Gasteiger partial charge in [-0.25, -0.2) is 0 Å². The first-order chi connectivity index (χ1) is 10.2. The third kappa shape index (κ3) is 2.05. The maximum absolute atomic E-state index is 12.1. The lowest BCUT2D eigenvalue weighted by molar-refractivity contribution is 0.0925. The quantitative estimate of drug-likeness (QED) is 0.676. The Morgan fingerprint density at radius 1 is 1.24 bits per heavy atom. The van der Waals surface area contributed by atoms with Crippen LogP contribution in [0.15, 0.2) is 34.4 Å². The predicted octanol–water partition coefficient (Wildman–Crippen LogP) is 3.16. The number of para-hydroxylation sites is 2. The van der Waals surface area contributed by atoms with Gasteiger partial charge in [-0.3, -0.25) is 9.78 Å². The van der Waals surface area contributed by atoms with Crippen LogP contribution in [0.1, 0.15) is 11.7 Å². The molecule has 1 aromatic carbocycles. The number of aromatic nitrogens is 2. The van der Waals surface area contributed by atoms with Crippen molar-refractivity contribution >= 4 is 33.8 Å². The summed E-state index contributed by atoms with van der Waals surface area (Å²) in [5.41, 5.74) is 0.615. The van der Waals surface area contributed by atoms with E-state index in [2.05, 4.69) is 9.97 Å². The Morgan fingerprint density at radius 3 is 2.90 bits per heavy atom. The van der Waals surface area contributed by atoms with E-state index in [1.807, 2.05) is 29.6 Å². The van der Waals surface area contributed by atoms with Gasteiger partial charge < -0.3 is 14.5 Å². The average Bonchev–Trinajstić information content (AvgIpc) is 2.90. The molecule has 0 amide bonds. The third-order valence-corrected chi connectivity index (χ3v) is 4.47. The second-order valence-corrected chi connectivity index (χ2v) is 5.96. The molecule has 1 aliphatic rings. The van der Waals surface area contributed by atoms with Gasteiger partial charge in [-0.1, -0.05) is 12.1 Å².